The van der Waals surface area contributed by atoms with Crippen molar-refractivity contribution in [2.75, 3.05) is 0 Å². The van der Waals surface area contributed by atoms with Crippen molar-refractivity contribution in [3.05, 3.63) is 46.3 Å². The van der Waals surface area contributed by atoms with E-state index < -0.39 is 5.54 Å². The Labute approximate surface area is 121 Å². The summed E-state index contributed by atoms with van der Waals surface area (Å²) < 4.78 is 19.0. The molecule has 1 saturated carbocycles. The van der Waals surface area contributed by atoms with E-state index in [4.69, 9.17) is 21.9 Å². The number of rotatable bonds is 3. The lowest BCUT2D eigenvalue weighted by Crippen LogP contribution is -2.33. The molecule has 0 spiro atoms. The van der Waals surface area contributed by atoms with Crippen LogP contribution in [0, 0.1) is 5.82 Å². The van der Waals surface area contributed by atoms with Crippen molar-refractivity contribution >= 4 is 11.6 Å². The van der Waals surface area contributed by atoms with Crippen LogP contribution in [0.15, 0.2) is 22.7 Å². The third kappa shape index (κ3) is 2.43. The van der Waals surface area contributed by atoms with E-state index in [2.05, 4.69) is 10.1 Å². The van der Waals surface area contributed by atoms with E-state index in [1.54, 1.807) is 12.1 Å². The maximum Gasteiger partial charge on any atom is 0.246 e. The summed E-state index contributed by atoms with van der Waals surface area (Å²) in [7, 11) is 0. The minimum atomic E-state index is -0.524. The average Bonchev–Trinajstić information content (AvgIpc) is 3.04. The summed E-state index contributed by atoms with van der Waals surface area (Å²) in [5, 5.41) is 4.25. The highest BCUT2D eigenvalue weighted by Crippen LogP contribution is 2.35. The van der Waals surface area contributed by atoms with Crippen LogP contribution in [-0.4, -0.2) is 10.1 Å². The molecule has 1 fully saturated rings. The van der Waals surface area contributed by atoms with E-state index >= 15 is 0 Å². The van der Waals surface area contributed by atoms with Gasteiger partial charge in [0, 0.05) is 17.0 Å². The Morgan fingerprint density at radius 2 is 2.10 bits per heavy atom. The van der Waals surface area contributed by atoms with Crippen molar-refractivity contribution in [2.45, 2.75) is 37.6 Å². The van der Waals surface area contributed by atoms with Gasteiger partial charge in [-0.1, -0.05) is 35.7 Å². The van der Waals surface area contributed by atoms with E-state index in [0.29, 0.717) is 22.3 Å². The van der Waals surface area contributed by atoms with Gasteiger partial charge in [0.1, 0.15) is 5.82 Å². The van der Waals surface area contributed by atoms with Crippen molar-refractivity contribution in [3.8, 4) is 0 Å². The second kappa shape index (κ2) is 5.14. The molecule has 1 aromatic carbocycles. The van der Waals surface area contributed by atoms with E-state index in [9.17, 15) is 4.39 Å². The summed E-state index contributed by atoms with van der Waals surface area (Å²) >= 11 is 5.99. The van der Waals surface area contributed by atoms with Crippen molar-refractivity contribution in [1.82, 2.24) is 10.1 Å². The first-order chi connectivity index (χ1) is 9.58. The van der Waals surface area contributed by atoms with Crippen LogP contribution in [-0.2, 0) is 12.0 Å². The second-order valence-electron chi connectivity index (χ2n) is 5.26. The first-order valence-electron chi connectivity index (χ1n) is 6.63. The Morgan fingerprint density at radius 1 is 1.35 bits per heavy atom. The molecule has 1 aliphatic carbocycles. The van der Waals surface area contributed by atoms with Crippen molar-refractivity contribution < 1.29 is 8.91 Å². The highest BCUT2D eigenvalue weighted by molar-refractivity contribution is 6.31. The highest BCUT2D eigenvalue weighted by atomic mass is 35.5. The number of benzene rings is 1. The lowest BCUT2D eigenvalue weighted by atomic mass is 9.99. The van der Waals surface area contributed by atoms with Gasteiger partial charge in [0.05, 0.1) is 5.54 Å². The zero-order chi connectivity index (χ0) is 14.2. The Balaban J connectivity index is 1.84. The molecule has 0 aliphatic heterocycles. The summed E-state index contributed by atoms with van der Waals surface area (Å²) in [5.41, 5.74) is 6.10. The molecule has 0 unspecified atom stereocenters. The number of nitrogens with zero attached hydrogens (tertiary/aromatic N) is 2. The Bertz CT molecular complexity index is 602. The van der Waals surface area contributed by atoms with Gasteiger partial charge in [-0.2, -0.15) is 4.98 Å². The van der Waals surface area contributed by atoms with Gasteiger partial charge in [-0.3, -0.25) is 0 Å². The van der Waals surface area contributed by atoms with Crippen LogP contribution in [0.4, 0.5) is 4.39 Å². The molecule has 1 aliphatic rings. The SMILES string of the molecule is NC1(c2nc(Cc3c(F)cccc3Cl)no2)CCCC1. The monoisotopic (exact) mass is 295 g/mol. The largest absolute Gasteiger partial charge is 0.337 e. The zero-order valence-corrected chi connectivity index (χ0v) is 11.7. The van der Waals surface area contributed by atoms with Crippen LogP contribution in [0.25, 0.3) is 0 Å². The number of nitrogens with two attached hydrogens (primary N) is 1. The maximum atomic E-state index is 13.7. The Hall–Kier alpha value is -1.46. The lowest BCUT2D eigenvalue weighted by Gasteiger charge is -2.17. The van der Waals surface area contributed by atoms with Crippen LogP contribution in [0.1, 0.15) is 43.0 Å². The van der Waals surface area contributed by atoms with E-state index in [1.807, 2.05) is 0 Å². The van der Waals surface area contributed by atoms with Crippen molar-refractivity contribution in [3.63, 3.8) is 0 Å². The molecule has 4 nitrogen and oxygen atoms in total. The van der Waals surface area contributed by atoms with Crippen molar-refractivity contribution in [1.29, 1.82) is 0 Å². The van der Waals surface area contributed by atoms with Crippen LogP contribution < -0.4 is 5.73 Å². The fourth-order valence-electron chi connectivity index (χ4n) is 2.61. The topological polar surface area (TPSA) is 64.9 Å². The lowest BCUT2D eigenvalue weighted by molar-refractivity contribution is 0.284. The number of halogens is 2. The summed E-state index contributed by atoms with van der Waals surface area (Å²) in [5.74, 6) is 0.480. The molecule has 6 heteroatoms. The van der Waals surface area contributed by atoms with Gasteiger partial charge >= 0.3 is 0 Å². The predicted octanol–water partition coefficient (Wildman–Crippen LogP) is 3.18. The Kier molecular flexibility index (Phi) is 3.48. The second-order valence-corrected chi connectivity index (χ2v) is 5.66. The van der Waals surface area contributed by atoms with Crippen LogP contribution in [0.5, 0.6) is 0 Å². The van der Waals surface area contributed by atoms with Gasteiger partial charge in [0.15, 0.2) is 5.82 Å². The summed E-state index contributed by atoms with van der Waals surface area (Å²) in [4.78, 5) is 4.31. The van der Waals surface area contributed by atoms with Gasteiger partial charge in [-0.05, 0) is 25.0 Å². The van der Waals surface area contributed by atoms with Crippen LogP contribution in [0.2, 0.25) is 5.02 Å². The molecule has 0 amide bonds. The van der Waals surface area contributed by atoms with Crippen LogP contribution >= 0.6 is 11.6 Å². The molecule has 2 N–H and O–H groups in total. The first-order valence-corrected chi connectivity index (χ1v) is 7.01. The van der Waals surface area contributed by atoms with Gasteiger partial charge < -0.3 is 10.3 Å². The molecule has 0 radical (unpaired) electrons. The standard InChI is InChI=1S/C14H15ClFN3O/c15-10-4-3-5-11(16)9(10)8-12-18-13(20-19-12)14(17)6-1-2-7-14/h3-5H,1-2,6-8,17H2. The molecule has 20 heavy (non-hydrogen) atoms. The maximum absolute atomic E-state index is 13.7. The fourth-order valence-corrected chi connectivity index (χ4v) is 2.84. The van der Waals surface area contributed by atoms with Gasteiger partial charge in [-0.15, -0.1) is 0 Å². The molecular formula is C14H15ClFN3O. The fraction of sp³-hybridized carbons (Fsp3) is 0.429. The van der Waals surface area contributed by atoms with E-state index in [0.717, 1.165) is 25.7 Å². The molecule has 2 aromatic rings. The quantitative estimate of drug-likeness (QED) is 0.944. The minimum absolute atomic E-state index is 0.199. The normalized spacial score (nSPS) is 17.6. The summed E-state index contributed by atoms with van der Waals surface area (Å²) in [6.45, 7) is 0. The van der Waals surface area contributed by atoms with Gasteiger partial charge in [-0.25, -0.2) is 4.39 Å². The molecular weight excluding hydrogens is 281 g/mol. The number of hydrogen-bond donors (Lipinski definition) is 1. The molecule has 3 rings (SSSR count). The summed E-state index contributed by atoms with van der Waals surface area (Å²) in [6, 6.07) is 4.57. The third-order valence-electron chi connectivity index (χ3n) is 3.79. The molecule has 106 valence electrons. The molecule has 0 atom stereocenters. The smallest absolute Gasteiger partial charge is 0.246 e. The minimum Gasteiger partial charge on any atom is -0.337 e. The predicted molar refractivity (Wildman–Crippen MR) is 72.8 cm³/mol. The summed E-state index contributed by atoms with van der Waals surface area (Å²) in [6.07, 6.45) is 4.01. The highest BCUT2D eigenvalue weighted by Gasteiger charge is 2.36. The first kappa shape index (κ1) is 13.5. The van der Waals surface area contributed by atoms with E-state index in [1.165, 1.54) is 6.07 Å². The number of aromatic nitrogens is 2. The molecule has 1 heterocycles. The van der Waals surface area contributed by atoms with Gasteiger partial charge in [0.2, 0.25) is 5.89 Å². The van der Waals surface area contributed by atoms with Crippen LogP contribution in [0.3, 0.4) is 0 Å². The third-order valence-corrected chi connectivity index (χ3v) is 4.14. The van der Waals surface area contributed by atoms with Gasteiger partial charge in [0.25, 0.3) is 0 Å². The molecule has 0 bridgehead atoms. The molecule has 1 aromatic heterocycles. The number of hydrogen-bond acceptors (Lipinski definition) is 4. The average molecular weight is 296 g/mol. The molecule has 0 saturated heterocycles. The van der Waals surface area contributed by atoms with E-state index in [-0.39, 0.29) is 12.2 Å². The zero-order valence-electron chi connectivity index (χ0n) is 10.9. The Morgan fingerprint density at radius 3 is 2.80 bits per heavy atom. The van der Waals surface area contributed by atoms with Crippen molar-refractivity contribution in [2.24, 2.45) is 5.73 Å².